The highest BCUT2D eigenvalue weighted by Crippen LogP contribution is 2.32. The molecule has 0 aliphatic heterocycles. The normalized spacial score (nSPS) is 12.2. The molecular weight excluding hydrogens is 282 g/mol. The minimum Gasteiger partial charge on any atom is -0.488 e. The molecule has 1 aromatic rings. The molecule has 0 saturated heterocycles. The van der Waals surface area contributed by atoms with Crippen LogP contribution in [0.3, 0.4) is 0 Å². The average Bonchev–Trinajstić information content (AvgIpc) is 2.27. The molecule has 1 aromatic carbocycles. The van der Waals surface area contributed by atoms with Gasteiger partial charge in [-0.3, -0.25) is 0 Å². The third kappa shape index (κ3) is 4.15. The molecule has 0 fully saturated rings. The summed E-state index contributed by atoms with van der Waals surface area (Å²) in [5.41, 5.74) is 1.77. The Kier molecular flexibility index (Phi) is 5.68. The number of halogens is 1. The predicted octanol–water partition coefficient (Wildman–Crippen LogP) is 2.66. The van der Waals surface area contributed by atoms with E-state index in [2.05, 4.69) is 27.8 Å². The maximum atomic E-state index is 9.94. The molecule has 1 rings (SSSR count). The van der Waals surface area contributed by atoms with E-state index in [-0.39, 0.29) is 0 Å². The fourth-order valence-electron chi connectivity index (χ4n) is 1.40. The molecule has 0 spiro atoms. The van der Waals surface area contributed by atoms with Crippen molar-refractivity contribution in [2.24, 2.45) is 0 Å². The average molecular weight is 300 g/mol. The molecule has 94 valence electrons. The van der Waals surface area contributed by atoms with Gasteiger partial charge in [-0.2, -0.15) is 0 Å². The zero-order valence-electron chi connectivity index (χ0n) is 10.2. The van der Waals surface area contributed by atoms with Gasteiger partial charge in [-0.25, -0.2) is 0 Å². The second-order valence-corrected chi connectivity index (χ2v) is 4.77. The van der Waals surface area contributed by atoms with Gasteiger partial charge in [-0.15, -0.1) is 0 Å². The molecule has 0 saturated carbocycles. The number of hydrogen-bond donors (Lipinski definition) is 2. The summed E-state index contributed by atoms with van der Waals surface area (Å²) in [5.74, 6) is 0.723. The first kappa shape index (κ1) is 14.2. The fraction of sp³-hybridized carbons (Fsp3) is 0.385. The summed E-state index contributed by atoms with van der Waals surface area (Å²) in [7, 11) is 1.80. The minimum atomic E-state index is -0.553. The molecule has 0 aliphatic carbocycles. The lowest BCUT2D eigenvalue weighted by Crippen LogP contribution is -2.17. The molecule has 4 heteroatoms. The molecule has 0 aliphatic rings. The molecule has 0 bridgehead atoms. The van der Waals surface area contributed by atoms with E-state index in [1.807, 2.05) is 25.1 Å². The van der Waals surface area contributed by atoms with Crippen molar-refractivity contribution >= 4 is 15.9 Å². The molecule has 3 nitrogen and oxygen atoms in total. The van der Waals surface area contributed by atoms with Crippen molar-refractivity contribution in [3.63, 3.8) is 0 Å². The Labute approximate surface area is 111 Å². The van der Waals surface area contributed by atoms with Gasteiger partial charge in [0.15, 0.2) is 0 Å². The number of hydrogen-bond acceptors (Lipinski definition) is 3. The van der Waals surface area contributed by atoms with E-state index in [0.29, 0.717) is 13.2 Å². The largest absolute Gasteiger partial charge is 0.488 e. The molecule has 2 N–H and O–H groups in total. The predicted molar refractivity (Wildman–Crippen MR) is 73.3 cm³/mol. The number of aliphatic hydroxyl groups excluding tert-OH is 1. The lowest BCUT2D eigenvalue weighted by atomic mass is 10.1. The van der Waals surface area contributed by atoms with Crippen molar-refractivity contribution in [2.45, 2.75) is 13.0 Å². The van der Waals surface area contributed by atoms with Crippen LogP contribution < -0.4 is 10.1 Å². The van der Waals surface area contributed by atoms with Crippen LogP contribution in [-0.4, -0.2) is 25.3 Å². The first-order valence-electron chi connectivity index (χ1n) is 5.44. The van der Waals surface area contributed by atoms with E-state index in [9.17, 15) is 5.11 Å². The lowest BCUT2D eigenvalue weighted by molar-refractivity contribution is 0.176. The van der Waals surface area contributed by atoms with E-state index < -0.39 is 6.10 Å². The molecule has 17 heavy (non-hydrogen) atoms. The Hall–Kier alpha value is -0.840. The molecule has 0 radical (unpaired) electrons. The van der Waals surface area contributed by atoms with Gasteiger partial charge in [0.2, 0.25) is 0 Å². The van der Waals surface area contributed by atoms with Crippen molar-refractivity contribution in [1.29, 1.82) is 0 Å². The number of rotatable bonds is 6. The van der Waals surface area contributed by atoms with Gasteiger partial charge in [0.1, 0.15) is 12.4 Å². The Morgan fingerprint density at radius 2 is 2.29 bits per heavy atom. The topological polar surface area (TPSA) is 41.5 Å². The molecule has 0 amide bonds. The van der Waals surface area contributed by atoms with Crippen LogP contribution in [0.15, 0.2) is 34.8 Å². The van der Waals surface area contributed by atoms with Crippen LogP contribution in [0.2, 0.25) is 0 Å². The number of nitrogens with one attached hydrogen (secondary N) is 1. The lowest BCUT2D eigenvalue weighted by Gasteiger charge is -2.15. The summed E-state index contributed by atoms with van der Waals surface area (Å²) >= 11 is 3.46. The summed E-state index contributed by atoms with van der Waals surface area (Å²) in [6.07, 6.45) is -0.553. The summed E-state index contributed by atoms with van der Waals surface area (Å²) < 4.78 is 6.38. The van der Waals surface area contributed by atoms with Crippen molar-refractivity contribution in [3.05, 3.63) is 40.4 Å². The van der Waals surface area contributed by atoms with Crippen molar-refractivity contribution < 1.29 is 9.84 Å². The van der Waals surface area contributed by atoms with E-state index in [1.165, 1.54) is 0 Å². The Balaban J connectivity index is 2.86. The first-order valence-corrected chi connectivity index (χ1v) is 6.23. The SMILES string of the molecule is C=C(C)COc1cccc(C(O)CNC)c1Br. The number of likely N-dealkylation sites (N-methyl/N-ethyl adjacent to an activating group) is 1. The van der Waals surface area contributed by atoms with E-state index >= 15 is 0 Å². The van der Waals surface area contributed by atoms with Gasteiger partial charge in [0, 0.05) is 6.54 Å². The Bertz CT molecular complexity index is 393. The van der Waals surface area contributed by atoms with Crippen LogP contribution in [0.25, 0.3) is 0 Å². The number of benzene rings is 1. The van der Waals surface area contributed by atoms with Crippen molar-refractivity contribution in [3.8, 4) is 5.75 Å². The van der Waals surface area contributed by atoms with E-state index in [1.54, 1.807) is 7.05 Å². The second-order valence-electron chi connectivity index (χ2n) is 3.98. The standard InChI is InChI=1S/C13H18BrNO2/c1-9(2)8-17-12-6-4-5-10(13(12)14)11(16)7-15-3/h4-6,11,15-16H,1,7-8H2,2-3H3. The Morgan fingerprint density at radius 3 is 2.88 bits per heavy atom. The van der Waals surface area contributed by atoms with Crippen LogP contribution in [0.1, 0.15) is 18.6 Å². The second kappa shape index (κ2) is 6.79. The molecular formula is C13H18BrNO2. The third-order valence-electron chi connectivity index (χ3n) is 2.22. The highest BCUT2D eigenvalue weighted by atomic mass is 79.9. The van der Waals surface area contributed by atoms with Crippen molar-refractivity contribution in [1.82, 2.24) is 5.32 Å². The van der Waals surface area contributed by atoms with Gasteiger partial charge in [0.05, 0.1) is 10.6 Å². The summed E-state index contributed by atoms with van der Waals surface area (Å²) in [4.78, 5) is 0. The van der Waals surface area contributed by atoms with E-state index in [4.69, 9.17) is 4.74 Å². The highest BCUT2D eigenvalue weighted by molar-refractivity contribution is 9.10. The maximum absolute atomic E-state index is 9.94. The molecule has 1 atom stereocenters. The summed E-state index contributed by atoms with van der Waals surface area (Å²) in [5, 5.41) is 12.9. The molecule has 1 unspecified atom stereocenters. The monoisotopic (exact) mass is 299 g/mol. The van der Waals surface area contributed by atoms with Crippen LogP contribution in [0.4, 0.5) is 0 Å². The zero-order chi connectivity index (χ0) is 12.8. The van der Waals surface area contributed by atoms with Crippen LogP contribution in [0.5, 0.6) is 5.75 Å². The molecule has 0 heterocycles. The third-order valence-corrected chi connectivity index (χ3v) is 3.07. The zero-order valence-corrected chi connectivity index (χ0v) is 11.8. The van der Waals surface area contributed by atoms with Gasteiger partial charge < -0.3 is 15.2 Å². The van der Waals surface area contributed by atoms with Crippen LogP contribution in [0, 0.1) is 0 Å². The first-order chi connectivity index (χ1) is 8.06. The van der Waals surface area contributed by atoms with Crippen LogP contribution >= 0.6 is 15.9 Å². The minimum absolute atomic E-state index is 0.476. The summed E-state index contributed by atoms with van der Waals surface area (Å²) in [6.45, 7) is 6.68. The Morgan fingerprint density at radius 1 is 1.59 bits per heavy atom. The van der Waals surface area contributed by atoms with Gasteiger partial charge >= 0.3 is 0 Å². The van der Waals surface area contributed by atoms with Gasteiger partial charge in [-0.1, -0.05) is 18.7 Å². The van der Waals surface area contributed by atoms with Gasteiger partial charge in [-0.05, 0) is 47.1 Å². The number of aliphatic hydroxyl groups is 1. The quantitative estimate of drug-likeness (QED) is 0.794. The van der Waals surface area contributed by atoms with Gasteiger partial charge in [0.25, 0.3) is 0 Å². The smallest absolute Gasteiger partial charge is 0.134 e. The highest BCUT2D eigenvalue weighted by Gasteiger charge is 2.13. The van der Waals surface area contributed by atoms with Crippen LogP contribution in [-0.2, 0) is 0 Å². The summed E-state index contributed by atoms with van der Waals surface area (Å²) in [6, 6.07) is 5.61. The number of ether oxygens (including phenoxy) is 1. The van der Waals surface area contributed by atoms with Crippen molar-refractivity contribution in [2.75, 3.05) is 20.2 Å². The molecule has 0 aromatic heterocycles. The maximum Gasteiger partial charge on any atom is 0.134 e. The van der Waals surface area contributed by atoms with E-state index in [0.717, 1.165) is 21.4 Å². The fourth-order valence-corrected chi connectivity index (χ4v) is 2.04.